The Morgan fingerprint density at radius 2 is 2.29 bits per heavy atom. The van der Waals surface area contributed by atoms with Crippen LogP contribution in [0.5, 0.6) is 0 Å². The lowest BCUT2D eigenvalue weighted by Crippen LogP contribution is -2.40. The Bertz CT molecular complexity index is 461. The molecule has 1 aliphatic heterocycles. The van der Waals surface area contributed by atoms with Crippen molar-refractivity contribution in [1.29, 1.82) is 0 Å². The van der Waals surface area contributed by atoms with Crippen LogP contribution in [0.15, 0.2) is 17.5 Å². The van der Waals surface area contributed by atoms with Gasteiger partial charge in [0.2, 0.25) is 5.91 Å². The highest BCUT2D eigenvalue weighted by Gasteiger charge is 2.22. The van der Waals surface area contributed by atoms with E-state index in [1.165, 1.54) is 17.8 Å². The maximum atomic E-state index is 11.8. The van der Waals surface area contributed by atoms with Gasteiger partial charge in [0.05, 0.1) is 4.88 Å². The molecule has 2 heterocycles. The van der Waals surface area contributed by atoms with Crippen molar-refractivity contribution in [3.8, 4) is 0 Å². The minimum absolute atomic E-state index is 0.00410. The summed E-state index contributed by atoms with van der Waals surface area (Å²) < 4.78 is 0. The number of hydrogen-bond donors (Lipinski definition) is 2. The molecule has 0 spiro atoms. The molecule has 0 aliphatic carbocycles. The molecule has 1 aromatic heterocycles. The van der Waals surface area contributed by atoms with E-state index in [1.807, 2.05) is 11.4 Å². The Labute approximate surface area is 129 Å². The molecule has 1 aromatic rings. The molecule has 2 rings (SSSR count). The van der Waals surface area contributed by atoms with E-state index in [1.54, 1.807) is 6.07 Å². The van der Waals surface area contributed by atoms with Gasteiger partial charge in [-0.25, -0.2) is 0 Å². The summed E-state index contributed by atoms with van der Waals surface area (Å²) >= 11 is 1.40. The zero-order valence-corrected chi connectivity index (χ0v) is 13.2. The number of thiophene rings is 1. The van der Waals surface area contributed by atoms with Gasteiger partial charge in [-0.05, 0) is 37.4 Å². The van der Waals surface area contributed by atoms with Crippen LogP contribution in [0.2, 0.25) is 0 Å². The van der Waals surface area contributed by atoms with Crippen molar-refractivity contribution in [2.24, 2.45) is 0 Å². The second kappa shape index (κ2) is 8.14. The van der Waals surface area contributed by atoms with Gasteiger partial charge < -0.3 is 10.6 Å². The summed E-state index contributed by atoms with van der Waals surface area (Å²) in [6.45, 7) is 5.42. The average Bonchev–Trinajstić information content (AvgIpc) is 3.15. The van der Waals surface area contributed by atoms with E-state index < -0.39 is 0 Å². The topological polar surface area (TPSA) is 61.4 Å². The fraction of sp³-hybridized carbons (Fsp3) is 0.600. The fourth-order valence-electron chi connectivity index (χ4n) is 2.65. The molecule has 2 amide bonds. The van der Waals surface area contributed by atoms with Gasteiger partial charge >= 0.3 is 0 Å². The van der Waals surface area contributed by atoms with Crippen molar-refractivity contribution in [3.63, 3.8) is 0 Å². The van der Waals surface area contributed by atoms with Gasteiger partial charge in [0.1, 0.15) is 0 Å². The van der Waals surface area contributed by atoms with Crippen LogP contribution >= 0.6 is 11.3 Å². The van der Waals surface area contributed by atoms with E-state index in [4.69, 9.17) is 0 Å². The fourth-order valence-corrected chi connectivity index (χ4v) is 3.29. The molecule has 1 atom stereocenters. The first-order chi connectivity index (χ1) is 10.2. The van der Waals surface area contributed by atoms with Gasteiger partial charge in [0, 0.05) is 25.6 Å². The van der Waals surface area contributed by atoms with Gasteiger partial charge in [-0.3, -0.25) is 14.5 Å². The summed E-state index contributed by atoms with van der Waals surface area (Å²) in [6, 6.07) is 4.09. The van der Waals surface area contributed by atoms with Crippen molar-refractivity contribution in [2.45, 2.75) is 32.2 Å². The minimum Gasteiger partial charge on any atom is -0.354 e. The Morgan fingerprint density at radius 1 is 1.43 bits per heavy atom. The number of carbonyl (C=O) groups excluding carboxylic acids is 2. The van der Waals surface area contributed by atoms with E-state index in [2.05, 4.69) is 22.5 Å². The first kappa shape index (κ1) is 16.0. The molecule has 0 saturated carbocycles. The second-order valence-corrected chi connectivity index (χ2v) is 6.16. The van der Waals surface area contributed by atoms with Crippen LogP contribution in [-0.4, -0.2) is 48.9 Å². The van der Waals surface area contributed by atoms with Crippen LogP contribution < -0.4 is 10.6 Å². The lowest BCUT2D eigenvalue weighted by atomic mass is 10.2. The zero-order valence-electron chi connectivity index (χ0n) is 12.4. The summed E-state index contributed by atoms with van der Waals surface area (Å²) in [5.74, 6) is -0.102. The maximum absolute atomic E-state index is 11.8. The van der Waals surface area contributed by atoms with Crippen LogP contribution in [0.1, 0.15) is 35.9 Å². The number of nitrogens with one attached hydrogen (secondary N) is 2. The van der Waals surface area contributed by atoms with Crippen molar-refractivity contribution in [1.82, 2.24) is 15.5 Å². The molecular formula is C15H23N3O2S. The van der Waals surface area contributed by atoms with Crippen LogP contribution in [0.4, 0.5) is 0 Å². The molecule has 2 N–H and O–H groups in total. The van der Waals surface area contributed by atoms with Gasteiger partial charge in [-0.15, -0.1) is 11.3 Å². The third-order valence-corrected chi connectivity index (χ3v) is 4.69. The Balaban J connectivity index is 1.60. The standard InChI is InChI=1S/C15H23N3O2S/c1-2-18-9-3-5-12(18)11-17-14(19)7-8-16-15(20)13-6-4-10-21-13/h4,6,10,12H,2-3,5,7-9,11H2,1H3,(H,16,20)(H,17,19). The summed E-state index contributed by atoms with van der Waals surface area (Å²) in [5.41, 5.74) is 0. The zero-order chi connectivity index (χ0) is 15.1. The highest BCUT2D eigenvalue weighted by atomic mass is 32.1. The molecule has 0 bridgehead atoms. The highest BCUT2D eigenvalue weighted by molar-refractivity contribution is 7.12. The summed E-state index contributed by atoms with van der Waals surface area (Å²) in [4.78, 5) is 26.6. The van der Waals surface area contributed by atoms with E-state index >= 15 is 0 Å². The van der Waals surface area contributed by atoms with Gasteiger partial charge in [-0.1, -0.05) is 13.0 Å². The molecule has 1 unspecified atom stereocenters. The van der Waals surface area contributed by atoms with E-state index in [9.17, 15) is 9.59 Å². The lowest BCUT2D eigenvalue weighted by Gasteiger charge is -2.22. The first-order valence-corrected chi connectivity index (χ1v) is 8.41. The predicted octanol–water partition coefficient (Wildman–Crippen LogP) is 1.47. The number of amides is 2. The first-order valence-electron chi connectivity index (χ1n) is 7.53. The molecular weight excluding hydrogens is 286 g/mol. The smallest absolute Gasteiger partial charge is 0.261 e. The molecule has 1 fully saturated rings. The summed E-state index contributed by atoms with van der Waals surface area (Å²) in [5, 5.41) is 7.60. The lowest BCUT2D eigenvalue weighted by molar-refractivity contribution is -0.121. The van der Waals surface area contributed by atoms with Crippen LogP contribution in [0.25, 0.3) is 0 Å². The normalized spacial score (nSPS) is 18.6. The summed E-state index contributed by atoms with van der Waals surface area (Å²) in [7, 11) is 0. The van der Waals surface area contributed by atoms with E-state index in [0.717, 1.165) is 19.5 Å². The Kier molecular flexibility index (Phi) is 6.20. The number of nitrogens with zero attached hydrogens (tertiary/aromatic N) is 1. The van der Waals surface area contributed by atoms with E-state index in [-0.39, 0.29) is 11.8 Å². The third-order valence-electron chi connectivity index (χ3n) is 3.82. The molecule has 1 aliphatic rings. The predicted molar refractivity (Wildman–Crippen MR) is 84.5 cm³/mol. The minimum atomic E-state index is -0.106. The number of hydrogen-bond acceptors (Lipinski definition) is 4. The van der Waals surface area contributed by atoms with Gasteiger partial charge in [0.15, 0.2) is 0 Å². The quantitative estimate of drug-likeness (QED) is 0.802. The number of likely N-dealkylation sites (N-methyl/N-ethyl adjacent to an activating group) is 1. The van der Waals surface area contributed by atoms with E-state index in [0.29, 0.717) is 30.4 Å². The van der Waals surface area contributed by atoms with Crippen molar-refractivity contribution >= 4 is 23.2 Å². The number of rotatable bonds is 7. The molecule has 1 saturated heterocycles. The number of carbonyl (C=O) groups is 2. The molecule has 6 heteroatoms. The largest absolute Gasteiger partial charge is 0.354 e. The van der Waals surface area contributed by atoms with Crippen LogP contribution in [-0.2, 0) is 4.79 Å². The molecule has 116 valence electrons. The van der Waals surface area contributed by atoms with Crippen LogP contribution in [0.3, 0.4) is 0 Å². The Morgan fingerprint density at radius 3 is 3.00 bits per heavy atom. The van der Waals surface area contributed by atoms with Crippen molar-refractivity contribution in [3.05, 3.63) is 22.4 Å². The molecule has 0 aromatic carbocycles. The molecule has 0 radical (unpaired) electrons. The van der Waals surface area contributed by atoms with Crippen molar-refractivity contribution in [2.75, 3.05) is 26.2 Å². The highest BCUT2D eigenvalue weighted by Crippen LogP contribution is 2.15. The summed E-state index contributed by atoms with van der Waals surface area (Å²) in [6.07, 6.45) is 2.70. The molecule has 21 heavy (non-hydrogen) atoms. The molecule has 5 nitrogen and oxygen atoms in total. The van der Waals surface area contributed by atoms with Crippen LogP contribution in [0, 0.1) is 0 Å². The van der Waals surface area contributed by atoms with Gasteiger partial charge in [0.25, 0.3) is 5.91 Å². The maximum Gasteiger partial charge on any atom is 0.261 e. The third kappa shape index (κ3) is 4.82. The van der Waals surface area contributed by atoms with Gasteiger partial charge in [-0.2, -0.15) is 0 Å². The Hall–Kier alpha value is -1.40. The number of likely N-dealkylation sites (tertiary alicyclic amines) is 1. The average molecular weight is 309 g/mol. The second-order valence-electron chi connectivity index (χ2n) is 5.21. The monoisotopic (exact) mass is 309 g/mol. The SMILES string of the molecule is CCN1CCCC1CNC(=O)CCNC(=O)c1cccs1. The van der Waals surface area contributed by atoms with Crippen molar-refractivity contribution < 1.29 is 9.59 Å².